The van der Waals surface area contributed by atoms with Crippen LogP contribution in [0.1, 0.15) is 55.5 Å². The summed E-state index contributed by atoms with van der Waals surface area (Å²) in [5, 5.41) is 8.47. The van der Waals surface area contributed by atoms with Crippen LogP contribution in [0, 0.1) is 0 Å². The van der Waals surface area contributed by atoms with Crippen molar-refractivity contribution in [3.8, 4) is 0 Å². The molecule has 1 aromatic heterocycles. The molecule has 2 unspecified atom stereocenters. The Morgan fingerprint density at radius 3 is 3.17 bits per heavy atom. The van der Waals surface area contributed by atoms with Gasteiger partial charge in [0.05, 0.1) is 6.04 Å². The summed E-state index contributed by atoms with van der Waals surface area (Å²) in [5.74, 6) is 0. The van der Waals surface area contributed by atoms with Gasteiger partial charge in [-0.3, -0.25) is 0 Å². The summed E-state index contributed by atoms with van der Waals surface area (Å²) < 4.78 is 0. The SMILES string of the molecule is CCc1cnc(C(C)NCC2CCCCCN2)s1. The monoisotopic (exact) mass is 267 g/mol. The minimum Gasteiger partial charge on any atom is -0.313 e. The number of rotatable bonds is 5. The van der Waals surface area contributed by atoms with E-state index in [2.05, 4.69) is 29.5 Å². The second-order valence-corrected chi connectivity index (χ2v) is 6.30. The lowest BCUT2D eigenvalue weighted by Crippen LogP contribution is -2.38. The van der Waals surface area contributed by atoms with Crippen molar-refractivity contribution < 1.29 is 0 Å². The zero-order valence-electron chi connectivity index (χ0n) is 11.5. The van der Waals surface area contributed by atoms with Crippen molar-refractivity contribution in [2.75, 3.05) is 13.1 Å². The summed E-state index contributed by atoms with van der Waals surface area (Å²) in [6.45, 7) is 6.64. The van der Waals surface area contributed by atoms with E-state index >= 15 is 0 Å². The Hall–Kier alpha value is -0.450. The molecule has 1 saturated heterocycles. The number of aryl methyl sites for hydroxylation is 1. The maximum atomic E-state index is 4.50. The molecule has 2 atom stereocenters. The van der Waals surface area contributed by atoms with Crippen LogP contribution in [0.4, 0.5) is 0 Å². The molecule has 0 saturated carbocycles. The molecule has 2 heterocycles. The summed E-state index contributed by atoms with van der Waals surface area (Å²) >= 11 is 1.84. The van der Waals surface area contributed by atoms with Crippen LogP contribution in [0.15, 0.2) is 6.20 Å². The molecule has 0 bridgehead atoms. The van der Waals surface area contributed by atoms with Gasteiger partial charge < -0.3 is 10.6 Å². The predicted octanol–water partition coefficient (Wildman–Crippen LogP) is 2.89. The zero-order chi connectivity index (χ0) is 12.8. The molecule has 4 heteroatoms. The quantitative estimate of drug-likeness (QED) is 0.861. The molecule has 3 nitrogen and oxygen atoms in total. The van der Waals surface area contributed by atoms with Crippen molar-refractivity contribution in [1.29, 1.82) is 0 Å². The van der Waals surface area contributed by atoms with Gasteiger partial charge in [0.15, 0.2) is 0 Å². The highest BCUT2D eigenvalue weighted by atomic mass is 32.1. The van der Waals surface area contributed by atoms with Crippen LogP contribution >= 0.6 is 11.3 Å². The number of thiazole rings is 1. The minimum atomic E-state index is 0.375. The lowest BCUT2D eigenvalue weighted by Gasteiger charge is -2.19. The van der Waals surface area contributed by atoms with Crippen molar-refractivity contribution in [1.82, 2.24) is 15.6 Å². The van der Waals surface area contributed by atoms with Gasteiger partial charge >= 0.3 is 0 Å². The van der Waals surface area contributed by atoms with Gasteiger partial charge in [0.25, 0.3) is 0 Å². The molecule has 2 N–H and O–H groups in total. The Morgan fingerprint density at radius 1 is 1.50 bits per heavy atom. The van der Waals surface area contributed by atoms with Crippen LogP contribution < -0.4 is 10.6 Å². The Morgan fingerprint density at radius 2 is 2.39 bits per heavy atom. The Bertz CT molecular complexity index is 343. The van der Waals surface area contributed by atoms with E-state index in [1.54, 1.807) is 0 Å². The van der Waals surface area contributed by atoms with Crippen LogP contribution in [0.3, 0.4) is 0 Å². The first-order chi connectivity index (χ1) is 8.79. The van der Waals surface area contributed by atoms with Crippen molar-refractivity contribution in [2.24, 2.45) is 0 Å². The van der Waals surface area contributed by atoms with Gasteiger partial charge in [0.1, 0.15) is 5.01 Å². The topological polar surface area (TPSA) is 37.0 Å². The van der Waals surface area contributed by atoms with E-state index in [0.29, 0.717) is 12.1 Å². The fraction of sp³-hybridized carbons (Fsp3) is 0.786. The van der Waals surface area contributed by atoms with Gasteiger partial charge in [-0.25, -0.2) is 4.98 Å². The first-order valence-electron chi connectivity index (χ1n) is 7.21. The Kier molecular flexibility index (Phi) is 5.60. The molecule has 0 aliphatic carbocycles. The van der Waals surface area contributed by atoms with Gasteiger partial charge in [-0.15, -0.1) is 11.3 Å². The number of nitrogens with one attached hydrogen (secondary N) is 2. The summed E-state index contributed by atoms with van der Waals surface area (Å²) in [7, 11) is 0. The van der Waals surface area contributed by atoms with E-state index in [9.17, 15) is 0 Å². The third kappa shape index (κ3) is 4.04. The Labute approximate surface area is 114 Å². The summed E-state index contributed by atoms with van der Waals surface area (Å²) in [6.07, 6.45) is 8.49. The molecular formula is C14H25N3S. The lowest BCUT2D eigenvalue weighted by atomic mass is 10.1. The van der Waals surface area contributed by atoms with Gasteiger partial charge in [0, 0.05) is 23.7 Å². The molecule has 2 rings (SSSR count). The van der Waals surface area contributed by atoms with Gasteiger partial charge in [0.2, 0.25) is 0 Å². The first kappa shape index (κ1) is 14.0. The van der Waals surface area contributed by atoms with E-state index in [1.807, 2.05) is 17.5 Å². The lowest BCUT2D eigenvalue weighted by molar-refractivity contribution is 0.442. The fourth-order valence-electron chi connectivity index (χ4n) is 2.37. The Balaban J connectivity index is 1.78. The van der Waals surface area contributed by atoms with Gasteiger partial charge in [-0.2, -0.15) is 0 Å². The maximum Gasteiger partial charge on any atom is 0.109 e. The number of aromatic nitrogens is 1. The van der Waals surface area contributed by atoms with E-state index in [0.717, 1.165) is 13.0 Å². The standard InChI is InChI=1S/C14H25N3S/c1-3-13-10-17-14(18-13)11(2)16-9-12-7-5-4-6-8-15-12/h10-12,15-16H,3-9H2,1-2H3. The van der Waals surface area contributed by atoms with Crippen LogP contribution in [0.5, 0.6) is 0 Å². The molecule has 18 heavy (non-hydrogen) atoms. The van der Waals surface area contributed by atoms with E-state index in [1.165, 1.54) is 42.1 Å². The zero-order valence-corrected chi connectivity index (χ0v) is 12.4. The third-order valence-corrected chi connectivity index (χ3v) is 4.95. The highest BCUT2D eigenvalue weighted by molar-refractivity contribution is 7.11. The van der Waals surface area contributed by atoms with Crippen LogP contribution in [0.25, 0.3) is 0 Å². The number of hydrogen-bond acceptors (Lipinski definition) is 4. The van der Waals surface area contributed by atoms with Crippen molar-refractivity contribution >= 4 is 11.3 Å². The molecule has 0 spiro atoms. The summed E-state index contributed by atoms with van der Waals surface area (Å²) in [6, 6.07) is 1.01. The second kappa shape index (κ2) is 7.22. The summed E-state index contributed by atoms with van der Waals surface area (Å²) in [5.41, 5.74) is 0. The van der Waals surface area contributed by atoms with Crippen molar-refractivity contribution in [3.63, 3.8) is 0 Å². The highest BCUT2D eigenvalue weighted by Gasteiger charge is 2.14. The molecule has 1 aliphatic rings. The maximum absolute atomic E-state index is 4.50. The van der Waals surface area contributed by atoms with E-state index in [4.69, 9.17) is 0 Å². The van der Waals surface area contributed by atoms with Crippen LogP contribution in [-0.4, -0.2) is 24.1 Å². The third-order valence-electron chi connectivity index (χ3n) is 3.62. The normalized spacial score (nSPS) is 22.7. The molecule has 102 valence electrons. The summed E-state index contributed by atoms with van der Waals surface area (Å²) in [4.78, 5) is 5.89. The molecular weight excluding hydrogens is 242 g/mol. The number of hydrogen-bond donors (Lipinski definition) is 2. The van der Waals surface area contributed by atoms with E-state index in [-0.39, 0.29) is 0 Å². The smallest absolute Gasteiger partial charge is 0.109 e. The average molecular weight is 267 g/mol. The highest BCUT2D eigenvalue weighted by Crippen LogP contribution is 2.20. The number of nitrogens with zero attached hydrogens (tertiary/aromatic N) is 1. The van der Waals surface area contributed by atoms with Crippen molar-refractivity contribution in [2.45, 2.75) is 58.0 Å². The molecule has 0 radical (unpaired) electrons. The van der Waals surface area contributed by atoms with Crippen molar-refractivity contribution in [3.05, 3.63) is 16.1 Å². The predicted molar refractivity (Wildman–Crippen MR) is 78.2 cm³/mol. The molecule has 0 aromatic carbocycles. The van der Waals surface area contributed by atoms with Crippen LogP contribution in [-0.2, 0) is 6.42 Å². The van der Waals surface area contributed by atoms with Gasteiger partial charge in [-0.05, 0) is 32.7 Å². The second-order valence-electron chi connectivity index (χ2n) is 5.15. The van der Waals surface area contributed by atoms with Gasteiger partial charge in [-0.1, -0.05) is 19.8 Å². The molecule has 0 amide bonds. The molecule has 1 fully saturated rings. The van der Waals surface area contributed by atoms with E-state index < -0.39 is 0 Å². The average Bonchev–Trinajstić information content (AvgIpc) is 2.73. The molecule has 1 aliphatic heterocycles. The molecule has 1 aromatic rings. The van der Waals surface area contributed by atoms with Crippen LogP contribution in [0.2, 0.25) is 0 Å². The largest absolute Gasteiger partial charge is 0.313 e. The first-order valence-corrected chi connectivity index (χ1v) is 8.02. The minimum absolute atomic E-state index is 0.375. The fourth-order valence-corrected chi connectivity index (χ4v) is 3.25.